The number of halogens is 2. The second-order valence-electron chi connectivity index (χ2n) is 6.61. The number of hydrogen-bond donors (Lipinski definition) is 0. The Hall–Kier alpha value is 0.471. The van der Waals surface area contributed by atoms with Gasteiger partial charge in [0.15, 0.2) is 0 Å². The average Bonchev–Trinajstić information content (AvgIpc) is 2.97. The van der Waals surface area contributed by atoms with Gasteiger partial charge in [-0.05, 0) is 0 Å². The van der Waals surface area contributed by atoms with E-state index in [0.29, 0.717) is 0 Å². The van der Waals surface area contributed by atoms with Crippen LogP contribution in [0.25, 0.3) is 0 Å². The first kappa shape index (κ1) is 20.5. The third kappa shape index (κ3) is 3.44. The Labute approximate surface area is 139 Å². The van der Waals surface area contributed by atoms with Crippen LogP contribution in [-0.4, -0.2) is 7.63 Å². The molecule has 0 aromatic carbocycles. The van der Waals surface area contributed by atoms with Gasteiger partial charge in [-0.25, -0.2) is 0 Å². The van der Waals surface area contributed by atoms with Crippen LogP contribution in [0.3, 0.4) is 0 Å². The molecule has 0 aromatic rings. The van der Waals surface area contributed by atoms with E-state index in [2.05, 4.69) is 56.2 Å². The number of rotatable bonds is 4. The summed E-state index contributed by atoms with van der Waals surface area (Å²) in [4.78, 5) is 0. The van der Waals surface area contributed by atoms with Gasteiger partial charge in [-0.15, -0.1) is 24.8 Å². The molecule has 2 aliphatic carbocycles. The largest absolute Gasteiger partial charge is 0.147 e. The van der Waals surface area contributed by atoms with Crippen molar-refractivity contribution in [2.75, 3.05) is 0 Å². The molecule has 0 atom stereocenters. The third-order valence-electron chi connectivity index (χ3n) is 4.75. The van der Waals surface area contributed by atoms with Gasteiger partial charge in [0, 0.05) is 0 Å². The normalized spacial score (nSPS) is 18.4. The Kier molecular flexibility index (Phi) is 7.32. The molecule has 0 radical (unpaired) electrons. The van der Waals surface area contributed by atoms with Gasteiger partial charge in [0.2, 0.25) is 0 Å². The Morgan fingerprint density at radius 2 is 1.25 bits per heavy atom. The first-order valence-corrected chi connectivity index (χ1v) is 15.9. The number of allylic oxidation sites excluding steroid dienone is 8. The van der Waals surface area contributed by atoms with Crippen LogP contribution in [0.1, 0.15) is 39.5 Å². The van der Waals surface area contributed by atoms with Crippen LogP contribution in [0, 0.1) is 0 Å². The van der Waals surface area contributed by atoms with E-state index in [1.807, 2.05) is 7.76 Å². The zero-order valence-electron chi connectivity index (χ0n) is 13.2. The van der Waals surface area contributed by atoms with Gasteiger partial charge in [0.1, 0.15) is 0 Å². The quantitative estimate of drug-likeness (QED) is 0.583. The molecule has 0 nitrogen and oxygen atoms in total. The molecule has 0 aromatic heterocycles. The summed E-state index contributed by atoms with van der Waals surface area (Å²) in [5.74, 6) is 0. The smallest absolute Gasteiger partial charge is 0.147 e. The van der Waals surface area contributed by atoms with E-state index in [-0.39, 0.29) is 24.8 Å². The Balaban J connectivity index is 0.00000180. The molecule has 0 unspecified atom stereocenters. The fourth-order valence-corrected chi connectivity index (χ4v) is 13.7. The minimum absolute atomic E-state index is 0. The van der Waals surface area contributed by atoms with E-state index in [4.69, 9.17) is 0 Å². The molecule has 20 heavy (non-hydrogen) atoms. The van der Waals surface area contributed by atoms with Crippen molar-refractivity contribution >= 4 is 32.4 Å². The SMILES string of the molecule is CCC1=[C]([Ti]([CH3])([CH3])(=[SiH2])[C]2=C(CC)C=CC2)CC=C1.Cl.Cl. The van der Waals surface area contributed by atoms with Gasteiger partial charge in [0.25, 0.3) is 0 Å². The Morgan fingerprint density at radius 1 is 0.900 bits per heavy atom. The van der Waals surface area contributed by atoms with Gasteiger partial charge >= 0.3 is 115 Å². The van der Waals surface area contributed by atoms with Crippen molar-refractivity contribution in [3.8, 4) is 0 Å². The first-order valence-electron chi connectivity index (χ1n) is 7.24. The minimum Gasteiger partial charge on any atom is -0.147 e. The molecular weight excluding hydrogens is 339 g/mol. The van der Waals surface area contributed by atoms with Crippen molar-refractivity contribution in [3.05, 3.63) is 43.2 Å². The molecule has 2 aliphatic rings. The van der Waals surface area contributed by atoms with Gasteiger partial charge in [-0.3, -0.25) is 0 Å². The van der Waals surface area contributed by atoms with E-state index in [1.54, 1.807) is 11.1 Å². The summed E-state index contributed by atoms with van der Waals surface area (Å²) in [7, 11) is 2.37. The van der Waals surface area contributed by atoms with E-state index in [9.17, 15) is 0 Å². The molecule has 0 heterocycles. The van der Waals surface area contributed by atoms with Crippen molar-refractivity contribution in [2.45, 2.75) is 50.0 Å². The standard InChI is InChI=1S/2C7H9.2CH3.2ClH.H2Si.Ti/c2*1-2-7-5-3-4-6-7;;;;;;/h2*3,5H,2,4H2,1H3;2*1H3;2*1H;1H2;. The van der Waals surface area contributed by atoms with Crippen LogP contribution in [0.4, 0.5) is 0 Å². The molecule has 114 valence electrons. The summed E-state index contributed by atoms with van der Waals surface area (Å²) in [6.07, 6.45) is 14.4. The molecule has 0 amide bonds. The summed E-state index contributed by atoms with van der Waals surface area (Å²) >= 11 is -2.60. The van der Waals surface area contributed by atoms with Crippen LogP contribution in [0.5, 0.6) is 0 Å². The van der Waals surface area contributed by atoms with Crippen molar-refractivity contribution in [3.63, 3.8) is 0 Å². The van der Waals surface area contributed by atoms with E-state index >= 15 is 0 Å². The molecule has 0 fully saturated rings. The molecule has 0 N–H and O–H groups in total. The van der Waals surface area contributed by atoms with Crippen LogP contribution in [-0.2, 0) is 14.0 Å². The molecule has 0 aliphatic heterocycles. The van der Waals surface area contributed by atoms with Crippen LogP contribution in [0.2, 0.25) is 10.5 Å². The predicted molar refractivity (Wildman–Crippen MR) is 96.9 cm³/mol. The maximum Gasteiger partial charge on any atom is -0.147 e. The monoisotopic (exact) mass is 366 g/mol. The zero-order valence-corrected chi connectivity index (χ0v) is 17.8. The van der Waals surface area contributed by atoms with E-state index in [1.165, 1.54) is 25.7 Å². The summed E-state index contributed by atoms with van der Waals surface area (Å²) in [6, 6.07) is 0. The van der Waals surface area contributed by atoms with E-state index < -0.39 is 14.0 Å². The topological polar surface area (TPSA) is 0 Å². The number of hydrogen-bond acceptors (Lipinski definition) is 0. The summed E-state index contributed by atoms with van der Waals surface area (Å²) in [5.41, 5.74) is 3.28. The van der Waals surface area contributed by atoms with Crippen LogP contribution in [0.15, 0.2) is 43.2 Å². The van der Waals surface area contributed by atoms with Gasteiger partial charge < -0.3 is 0 Å². The maximum atomic E-state index is 2.63. The van der Waals surface area contributed by atoms with Crippen molar-refractivity contribution in [1.82, 2.24) is 0 Å². The summed E-state index contributed by atoms with van der Waals surface area (Å²) in [5, 5.41) is 5.26. The predicted octanol–water partition coefficient (Wildman–Crippen LogP) is 5.41. The minimum atomic E-state index is -2.60. The summed E-state index contributed by atoms with van der Waals surface area (Å²) < 4.78 is 3.66. The maximum absolute atomic E-state index is 2.63. The fraction of sp³-hybridized carbons (Fsp3) is 0.500. The summed E-state index contributed by atoms with van der Waals surface area (Å²) in [6.45, 7) is 4.61. The first-order chi connectivity index (χ1) is 8.39. The molecular formula is C16H28Cl2SiTi. The zero-order chi connectivity index (χ0) is 13.4. The average molecular weight is 367 g/mol. The van der Waals surface area contributed by atoms with Gasteiger partial charge in [-0.2, -0.15) is 0 Å². The molecule has 0 saturated heterocycles. The fourth-order valence-electron chi connectivity index (χ4n) is 3.63. The van der Waals surface area contributed by atoms with Gasteiger partial charge in [-0.1, -0.05) is 0 Å². The van der Waals surface area contributed by atoms with E-state index in [0.717, 1.165) is 0 Å². The van der Waals surface area contributed by atoms with Gasteiger partial charge in [0.05, 0.1) is 0 Å². The van der Waals surface area contributed by atoms with Crippen molar-refractivity contribution < 1.29 is 14.0 Å². The second kappa shape index (κ2) is 7.15. The Morgan fingerprint density at radius 3 is 1.55 bits per heavy atom. The molecule has 0 spiro atoms. The molecule has 2 rings (SSSR count). The Bertz CT molecular complexity index is 515. The van der Waals surface area contributed by atoms with Crippen LogP contribution >= 0.6 is 24.8 Å². The van der Waals surface area contributed by atoms with Crippen molar-refractivity contribution in [2.24, 2.45) is 0 Å². The molecule has 4 heteroatoms. The third-order valence-corrected chi connectivity index (χ3v) is 16.0. The van der Waals surface area contributed by atoms with Crippen LogP contribution < -0.4 is 0 Å². The van der Waals surface area contributed by atoms with Crippen molar-refractivity contribution in [1.29, 1.82) is 0 Å². The molecule has 0 saturated carbocycles. The second-order valence-corrected chi connectivity index (χ2v) is 25.6. The molecule has 0 bridgehead atoms.